The van der Waals surface area contributed by atoms with Crippen LogP contribution in [0.1, 0.15) is 29.7 Å². The van der Waals surface area contributed by atoms with Gasteiger partial charge in [-0.25, -0.2) is 0 Å². The van der Waals surface area contributed by atoms with E-state index in [1.165, 1.54) is 12.1 Å². The van der Waals surface area contributed by atoms with Crippen molar-refractivity contribution in [1.82, 2.24) is 0 Å². The number of para-hydroxylation sites is 1. The molecular formula is C16H16F3NO. The summed E-state index contributed by atoms with van der Waals surface area (Å²) in [7, 11) is 0. The summed E-state index contributed by atoms with van der Waals surface area (Å²) in [4.78, 5) is 0. The van der Waals surface area contributed by atoms with Crippen molar-refractivity contribution < 1.29 is 17.9 Å². The summed E-state index contributed by atoms with van der Waals surface area (Å²) < 4.78 is 43.0. The molecule has 2 aromatic rings. The zero-order chi connectivity index (χ0) is 15.5. The number of hydrogen-bond acceptors (Lipinski definition) is 2. The molecule has 0 saturated carbocycles. The third-order valence-corrected chi connectivity index (χ3v) is 3.09. The van der Waals surface area contributed by atoms with Crippen LogP contribution in [0.25, 0.3) is 0 Å². The van der Waals surface area contributed by atoms with E-state index in [0.717, 1.165) is 17.7 Å². The summed E-state index contributed by atoms with van der Waals surface area (Å²) in [6.45, 7) is 2.04. The Hall–Kier alpha value is -2.01. The number of alkyl halides is 3. The van der Waals surface area contributed by atoms with E-state index in [4.69, 9.17) is 10.5 Å². The van der Waals surface area contributed by atoms with E-state index < -0.39 is 11.7 Å². The smallest absolute Gasteiger partial charge is 0.416 e. The molecule has 21 heavy (non-hydrogen) atoms. The Bertz CT molecular complexity index is 591. The van der Waals surface area contributed by atoms with Crippen molar-refractivity contribution in [2.75, 3.05) is 0 Å². The molecule has 0 aliphatic heterocycles. The Balaban J connectivity index is 2.07. The number of halogens is 3. The maximum atomic E-state index is 12.5. The highest BCUT2D eigenvalue weighted by atomic mass is 19.4. The van der Waals surface area contributed by atoms with Crippen molar-refractivity contribution in [1.29, 1.82) is 0 Å². The van der Waals surface area contributed by atoms with Gasteiger partial charge in [-0.2, -0.15) is 13.2 Å². The standard InChI is InChI=1S/C16H16F3NO/c1-11(20)14-4-2-3-5-15(14)21-10-12-6-8-13(9-7-12)16(17,18)19/h2-9,11H,10,20H2,1H3/t11-/m0/s1. The van der Waals surface area contributed by atoms with Gasteiger partial charge in [0.15, 0.2) is 0 Å². The maximum absolute atomic E-state index is 12.5. The topological polar surface area (TPSA) is 35.2 Å². The van der Waals surface area contributed by atoms with Crippen molar-refractivity contribution in [2.45, 2.75) is 25.7 Å². The average Bonchev–Trinajstić information content (AvgIpc) is 2.45. The fourth-order valence-electron chi connectivity index (χ4n) is 1.94. The summed E-state index contributed by atoms with van der Waals surface area (Å²) >= 11 is 0. The van der Waals surface area contributed by atoms with E-state index in [0.29, 0.717) is 11.3 Å². The lowest BCUT2D eigenvalue weighted by Crippen LogP contribution is -2.08. The van der Waals surface area contributed by atoms with Crippen LogP contribution in [0.5, 0.6) is 5.75 Å². The lowest BCUT2D eigenvalue weighted by molar-refractivity contribution is -0.137. The predicted molar refractivity (Wildman–Crippen MR) is 74.8 cm³/mol. The molecule has 0 spiro atoms. The Morgan fingerprint density at radius 3 is 2.24 bits per heavy atom. The van der Waals surface area contributed by atoms with Gasteiger partial charge in [-0.1, -0.05) is 30.3 Å². The number of benzene rings is 2. The SMILES string of the molecule is C[C@H](N)c1ccccc1OCc1ccc(C(F)(F)F)cc1. The first-order valence-electron chi connectivity index (χ1n) is 6.51. The molecule has 0 aromatic heterocycles. The molecule has 2 nitrogen and oxygen atoms in total. The molecule has 2 rings (SSSR count). The number of hydrogen-bond donors (Lipinski definition) is 1. The lowest BCUT2D eigenvalue weighted by Gasteiger charge is -2.14. The molecule has 5 heteroatoms. The Labute approximate surface area is 121 Å². The number of ether oxygens (including phenoxy) is 1. The first-order chi connectivity index (χ1) is 9.88. The Kier molecular flexibility index (Phi) is 4.53. The van der Waals surface area contributed by atoms with Crippen LogP contribution in [0.2, 0.25) is 0 Å². The zero-order valence-electron chi connectivity index (χ0n) is 11.5. The average molecular weight is 295 g/mol. The highest BCUT2D eigenvalue weighted by molar-refractivity contribution is 5.35. The minimum Gasteiger partial charge on any atom is -0.489 e. The molecule has 0 aliphatic rings. The summed E-state index contributed by atoms with van der Waals surface area (Å²) in [6.07, 6.45) is -4.32. The fourth-order valence-corrected chi connectivity index (χ4v) is 1.94. The quantitative estimate of drug-likeness (QED) is 0.912. The normalized spacial score (nSPS) is 13.0. The summed E-state index contributed by atoms with van der Waals surface area (Å²) in [6, 6.07) is 12.1. The van der Waals surface area contributed by atoms with Gasteiger partial charge < -0.3 is 10.5 Å². The van der Waals surface area contributed by atoms with Crippen molar-refractivity contribution >= 4 is 0 Å². The highest BCUT2D eigenvalue weighted by Gasteiger charge is 2.29. The van der Waals surface area contributed by atoms with Gasteiger partial charge in [-0.3, -0.25) is 0 Å². The van der Waals surface area contributed by atoms with E-state index >= 15 is 0 Å². The first kappa shape index (κ1) is 15.4. The van der Waals surface area contributed by atoms with Crippen LogP contribution in [0.15, 0.2) is 48.5 Å². The molecule has 1 atom stereocenters. The zero-order valence-corrected chi connectivity index (χ0v) is 11.5. The second kappa shape index (κ2) is 6.18. The Morgan fingerprint density at radius 1 is 1.05 bits per heavy atom. The van der Waals surface area contributed by atoms with Gasteiger partial charge in [-0.15, -0.1) is 0 Å². The predicted octanol–water partition coefficient (Wildman–Crippen LogP) is 4.30. The maximum Gasteiger partial charge on any atom is 0.416 e. The molecule has 2 aromatic carbocycles. The van der Waals surface area contributed by atoms with Crippen LogP contribution < -0.4 is 10.5 Å². The van der Waals surface area contributed by atoms with Crippen LogP contribution in [0.4, 0.5) is 13.2 Å². The molecule has 0 bridgehead atoms. The van der Waals surface area contributed by atoms with Gasteiger partial charge in [0.1, 0.15) is 12.4 Å². The molecule has 0 unspecified atom stereocenters. The largest absolute Gasteiger partial charge is 0.489 e. The van der Waals surface area contributed by atoms with Crippen LogP contribution >= 0.6 is 0 Å². The van der Waals surface area contributed by atoms with Crippen LogP contribution in [-0.4, -0.2) is 0 Å². The molecule has 0 radical (unpaired) electrons. The van der Waals surface area contributed by atoms with Gasteiger partial charge in [0.2, 0.25) is 0 Å². The molecule has 112 valence electrons. The molecule has 0 aliphatic carbocycles. The second-order valence-corrected chi connectivity index (χ2v) is 4.81. The van der Waals surface area contributed by atoms with E-state index in [1.54, 1.807) is 6.07 Å². The molecule has 0 amide bonds. The molecule has 0 heterocycles. The first-order valence-corrected chi connectivity index (χ1v) is 6.51. The third kappa shape index (κ3) is 3.98. The highest BCUT2D eigenvalue weighted by Crippen LogP contribution is 2.29. The summed E-state index contributed by atoms with van der Waals surface area (Å²) in [5.74, 6) is 0.646. The lowest BCUT2D eigenvalue weighted by atomic mass is 10.1. The monoisotopic (exact) mass is 295 g/mol. The third-order valence-electron chi connectivity index (χ3n) is 3.09. The minimum absolute atomic E-state index is 0.172. The molecular weight excluding hydrogens is 279 g/mol. The van der Waals surface area contributed by atoms with Crippen LogP contribution in [0.3, 0.4) is 0 Å². The molecule has 0 saturated heterocycles. The van der Waals surface area contributed by atoms with Gasteiger partial charge in [0.05, 0.1) is 5.56 Å². The van der Waals surface area contributed by atoms with Crippen LogP contribution in [-0.2, 0) is 12.8 Å². The second-order valence-electron chi connectivity index (χ2n) is 4.81. The van der Waals surface area contributed by atoms with E-state index in [9.17, 15) is 13.2 Å². The fraction of sp³-hybridized carbons (Fsp3) is 0.250. The van der Waals surface area contributed by atoms with Gasteiger partial charge in [-0.05, 0) is 30.7 Å². The van der Waals surface area contributed by atoms with Crippen LogP contribution in [0, 0.1) is 0 Å². The van der Waals surface area contributed by atoms with Crippen molar-refractivity contribution in [3.8, 4) is 5.75 Å². The van der Waals surface area contributed by atoms with Crippen molar-refractivity contribution in [3.05, 3.63) is 65.2 Å². The van der Waals surface area contributed by atoms with Gasteiger partial charge >= 0.3 is 6.18 Å². The number of rotatable bonds is 4. The minimum atomic E-state index is -4.32. The summed E-state index contributed by atoms with van der Waals surface area (Å²) in [5.41, 5.74) is 6.72. The van der Waals surface area contributed by atoms with E-state index in [1.807, 2.05) is 25.1 Å². The van der Waals surface area contributed by atoms with Crippen molar-refractivity contribution in [3.63, 3.8) is 0 Å². The van der Waals surface area contributed by atoms with Crippen molar-refractivity contribution in [2.24, 2.45) is 5.73 Å². The van der Waals surface area contributed by atoms with Gasteiger partial charge in [0, 0.05) is 11.6 Å². The molecule has 2 N–H and O–H groups in total. The van der Waals surface area contributed by atoms with Gasteiger partial charge in [0.25, 0.3) is 0 Å². The van der Waals surface area contributed by atoms with E-state index in [-0.39, 0.29) is 12.6 Å². The number of nitrogens with two attached hydrogens (primary N) is 1. The summed E-state index contributed by atoms with van der Waals surface area (Å²) in [5, 5.41) is 0. The Morgan fingerprint density at radius 2 is 1.67 bits per heavy atom. The molecule has 0 fully saturated rings. The van der Waals surface area contributed by atoms with E-state index in [2.05, 4.69) is 0 Å².